The molecule has 0 radical (unpaired) electrons. The molecule has 2 aromatic rings. The maximum absolute atomic E-state index is 11.7. The van der Waals surface area contributed by atoms with Crippen LogP contribution in [-0.2, 0) is 18.2 Å². The van der Waals surface area contributed by atoms with E-state index < -0.39 is 0 Å². The van der Waals surface area contributed by atoms with Crippen molar-refractivity contribution in [1.82, 2.24) is 0 Å². The normalized spacial score (nSPS) is 10.4. The van der Waals surface area contributed by atoms with E-state index in [1.807, 2.05) is 25.4 Å². The van der Waals surface area contributed by atoms with Gasteiger partial charge in [-0.05, 0) is 31.4 Å². The van der Waals surface area contributed by atoms with Crippen LogP contribution < -0.4 is 4.57 Å². The number of pyridine rings is 1. The summed E-state index contributed by atoms with van der Waals surface area (Å²) in [4.78, 5) is 11.7. The Morgan fingerprint density at radius 1 is 1.10 bits per heavy atom. The maximum atomic E-state index is 11.7. The average molecular weight is 270 g/mol. The van der Waals surface area contributed by atoms with Gasteiger partial charge in [-0.15, -0.1) is 0 Å². The number of hydrogen-bond donors (Lipinski definition) is 0. The molecule has 20 heavy (non-hydrogen) atoms. The van der Waals surface area contributed by atoms with Gasteiger partial charge in [0.2, 0.25) is 0 Å². The molecular formula is C17H20NO2+. The lowest BCUT2D eigenvalue weighted by Crippen LogP contribution is -2.36. The summed E-state index contributed by atoms with van der Waals surface area (Å²) in [6.45, 7) is 4.20. The van der Waals surface area contributed by atoms with Gasteiger partial charge in [0.25, 0.3) is 5.69 Å². The highest BCUT2D eigenvalue weighted by Gasteiger charge is 2.17. The molecule has 0 spiro atoms. The van der Waals surface area contributed by atoms with Crippen LogP contribution in [-0.4, -0.2) is 13.1 Å². The predicted molar refractivity (Wildman–Crippen MR) is 77.7 cm³/mol. The molecule has 0 N–H and O–H groups in total. The van der Waals surface area contributed by atoms with Gasteiger partial charge in [0.05, 0.1) is 7.11 Å². The molecule has 0 aliphatic heterocycles. The van der Waals surface area contributed by atoms with Crippen molar-refractivity contribution in [3.05, 3.63) is 64.5 Å². The Balaban J connectivity index is 2.32. The van der Waals surface area contributed by atoms with Crippen molar-refractivity contribution in [2.24, 2.45) is 7.05 Å². The van der Waals surface area contributed by atoms with Crippen molar-refractivity contribution >= 4 is 5.97 Å². The number of carbonyl (C=O) groups excluding carboxylic acids is 1. The Hall–Kier alpha value is -2.16. The molecule has 0 atom stereocenters. The van der Waals surface area contributed by atoms with Gasteiger partial charge in [0.15, 0.2) is 6.20 Å². The summed E-state index contributed by atoms with van der Waals surface area (Å²) in [6.07, 6.45) is 2.71. The second kappa shape index (κ2) is 5.87. The molecule has 2 rings (SSSR count). The Kier molecular flexibility index (Phi) is 4.18. The van der Waals surface area contributed by atoms with Crippen LogP contribution in [0.3, 0.4) is 0 Å². The Morgan fingerprint density at radius 2 is 1.75 bits per heavy atom. The van der Waals surface area contributed by atoms with E-state index in [4.69, 9.17) is 4.74 Å². The summed E-state index contributed by atoms with van der Waals surface area (Å²) in [5.74, 6) is -0.310. The average Bonchev–Trinajstić information content (AvgIpc) is 2.39. The van der Waals surface area contributed by atoms with Gasteiger partial charge in [-0.25, -0.2) is 4.79 Å². The molecule has 1 aromatic carbocycles. The molecular weight excluding hydrogens is 250 g/mol. The zero-order valence-corrected chi connectivity index (χ0v) is 12.4. The minimum Gasteiger partial charge on any atom is -0.461 e. The number of benzene rings is 1. The maximum Gasteiger partial charge on any atom is 0.403 e. The van der Waals surface area contributed by atoms with Crippen molar-refractivity contribution < 1.29 is 14.1 Å². The Labute approximate surface area is 119 Å². The summed E-state index contributed by atoms with van der Waals surface area (Å²) in [6, 6.07) is 10.4. The molecule has 0 amide bonds. The van der Waals surface area contributed by atoms with Gasteiger partial charge in [0, 0.05) is 12.1 Å². The zero-order valence-electron chi connectivity index (χ0n) is 12.4. The third kappa shape index (κ3) is 3.23. The highest BCUT2D eigenvalue weighted by Crippen LogP contribution is 2.14. The van der Waals surface area contributed by atoms with Crippen molar-refractivity contribution in [1.29, 1.82) is 0 Å². The quantitative estimate of drug-likeness (QED) is 0.633. The molecule has 0 aliphatic carbocycles. The lowest BCUT2D eigenvalue weighted by atomic mass is 10.0. The van der Waals surface area contributed by atoms with Crippen molar-refractivity contribution in [3.63, 3.8) is 0 Å². The molecule has 104 valence electrons. The number of aromatic nitrogens is 1. The van der Waals surface area contributed by atoms with Crippen molar-refractivity contribution in [2.75, 3.05) is 7.11 Å². The smallest absolute Gasteiger partial charge is 0.403 e. The van der Waals surface area contributed by atoms with Gasteiger partial charge in [0.1, 0.15) is 7.05 Å². The molecule has 1 heterocycles. The molecule has 0 fully saturated rings. The molecule has 3 nitrogen and oxygen atoms in total. The van der Waals surface area contributed by atoms with E-state index in [2.05, 4.69) is 32.0 Å². The summed E-state index contributed by atoms with van der Waals surface area (Å²) in [5, 5.41) is 0. The van der Waals surface area contributed by atoms with Crippen LogP contribution in [0, 0.1) is 13.8 Å². The van der Waals surface area contributed by atoms with E-state index >= 15 is 0 Å². The number of nitrogens with zero attached hydrogens (tertiary/aromatic N) is 1. The molecule has 0 unspecified atom stereocenters. The summed E-state index contributed by atoms with van der Waals surface area (Å²) >= 11 is 0. The highest BCUT2D eigenvalue weighted by molar-refractivity contribution is 5.85. The molecule has 3 heteroatoms. The first kappa shape index (κ1) is 14.3. The van der Waals surface area contributed by atoms with E-state index in [-0.39, 0.29) is 5.97 Å². The van der Waals surface area contributed by atoms with Crippen molar-refractivity contribution in [2.45, 2.75) is 20.3 Å². The molecule has 0 aliphatic rings. The molecule has 0 saturated carbocycles. The number of esters is 1. The number of hydrogen-bond acceptors (Lipinski definition) is 2. The number of aryl methyl sites for hydroxylation is 3. The van der Waals surface area contributed by atoms with Crippen LogP contribution in [0.2, 0.25) is 0 Å². The summed E-state index contributed by atoms with van der Waals surface area (Å²) in [5.41, 5.74) is 5.44. The number of ether oxygens (including phenoxy) is 1. The minimum atomic E-state index is -0.310. The van der Waals surface area contributed by atoms with E-state index in [0.29, 0.717) is 5.69 Å². The molecule has 1 aromatic heterocycles. The zero-order chi connectivity index (χ0) is 14.7. The highest BCUT2D eigenvalue weighted by atomic mass is 16.5. The Morgan fingerprint density at radius 3 is 2.35 bits per heavy atom. The van der Waals surface area contributed by atoms with Gasteiger partial charge < -0.3 is 4.74 Å². The van der Waals surface area contributed by atoms with Gasteiger partial charge in [-0.1, -0.05) is 29.3 Å². The third-order valence-electron chi connectivity index (χ3n) is 3.30. The lowest BCUT2D eigenvalue weighted by Gasteiger charge is -2.06. The van der Waals surface area contributed by atoms with Gasteiger partial charge in [-0.2, -0.15) is 4.57 Å². The number of carbonyl (C=O) groups is 1. The standard InChI is InChI=1S/C17H20NO2/c1-12-7-13(2)9-15(8-12)10-14-5-6-18(3)16(11-14)17(19)20-4/h5-9,11H,10H2,1-4H3/q+1. The fraction of sp³-hybridized carbons (Fsp3) is 0.294. The van der Waals surface area contributed by atoms with Crippen LogP contribution in [0.15, 0.2) is 36.5 Å². The van der Waals surface area contributed by atoms with Crippen LogP contribution in [0.5, 0.6) is 0 Å². The number of methoxy groups -OCH3 is 1. The van der Waals surface area contributed by atoms with E-state index in [1.165, 1.54) is 23.8 Å². The SMILES string of the molecule is COC(=O)c1cc(Cc2cc(C)cc(C)c2)cc[n+]1C. The largest absolute Gasteiger partial charge is 0.461 e. The number of rotatable bonds is 3. The fourth-order valence-electron chi connectivity index (χ4n) is 2.44. The monoisotopic (exact) mass is 270 g/mol. The van der Waals surface area contributed by atoms with E-state index in [9.17, 15) is 4.79 Å². The Bertz CT molecular complexity index is 627. The van der Waals surface area contributed by atoms with E-state index in [1.54, 1.807) is 4.57 Å². The molecule has 0 saturated heterocycles. The fourth-order valence-corrected chi connectivity index (χ4v) is 2.44. The first-order chi connectivity index (χ1) is 9.49. The van der Waals surface area contributed by atoms with Crippen molar-refractivity contribution in [3.8, 4) is 0 Å². The van der Waals surface area contributed by atoms with E-state index in [0.717, 1.165) is 12.0 Å². The minimum absolute atomic E-state index is 0.310. The predicted octanol–water partition coefficient (Wildman–Crippen LogP) is 2.51. The van der Waals surface area contributed by atoms with Gasteiger partial charge >= 0.3 is 5.97 Å². The second-order valence-corrected chi connectivity index (χ2v) is 5.20. The first-order valence-electron chi connectivity index (χ1n) is 6.63. The lowest BCUT2D eigenvalue weighted by molar-refractivity contribution is -0.674. The second-order valence-electron chi connectivity index (χ2n) is 5.20. The summed E-state index contributed by atoms with van der Waals surface area (Å²) in [7, 11) is 3.24. The van der Waals surface area contributed by atoms with Crippen LogP contribution in [0.25, 0.3) is 0 Å². The van der Waals surface area contributed by atoms with Crippen LogP contribution >= 0.6 is 0 Å². The summed E-state index contributed by atoms with van der Waals surface area (Å²) < 4.78 is 6.58. The molecule has 0 bridgehead atoms. The van der Waals surface area contributed by atoms with Crippen LogP contribution in [0.1, 0.15) is 32.7 Å². The third-order valence-corrected chi connectivity index (χ3v) is 3.30. The first-order valence-corrected chi connectivity index (χ1v) is 6.63. The topological polar surface area (TPSA) is 30.2 Å². The van der Waals surface area contributed by atoms with Gasteiger partial charge in [-0.3, -0.25) is 0 Å². The van der Waals surface area contributed by atoms with Crippen LogP contribution in [0.4, 0.5) is 0 Å².